The highest BCUT2D eigenvalue weighted by atomic mass is 16.5. The van der Waals surface area contributed by atoms with Crippen molar-refractivity contribution in [3.63, 3.8) is 0 Å². The first kappa shape index (κ1) is 23.0. The lowest BCUT2D eigenvalue weighted by molar-refractivity contribution is -0.152. The first-order valence-electron chi connectivity index (χ1n) is 10.5. The summed E-state index contributed by atoms with van der Waals surface area (Å²) in [5, 5.41) is 5.28. The van der Waals surface area contributed by atoms with E-state index in [-0.39, 0.29) is 11.8 Å². The Morgan fingerprint density at radius 2 is 1.12 bits per heavy atom. The molecular formula is C24H26N2O6. The number of amides is 2. The molecule has 0 heterocycles. The molecule has 1 fully saturated rings. The molecule has 1 saturated carbocycles. The fourth-order valence-corrected chi connectivity index (χ4v) is 3.76. The van der Waals surface area contributed by atoms with E-state index in [0.717, 1.165) is 12.8 Å². The van der Waals surface area contributed by atoms with E-state index in [9.17, 15) is 19.2 Å². The van der Waals surface area contributed by atoms with Gasteiger partial charge in [-0.05, 0) is 37.1 Å². The zero-order valence-corrected chi connectivity index (χ0v) is 18.1. The monoisotopic (exact) mass is 438 g/mol. The first-order chi connectivity index (χ1) is 15.3. The molecule has 2 amide bonds. The number of rotatable bonds is 6. The predicted molar refractivity (Wildman–Crippen MR) is 118 cm³/mol. The van der Waals surface area contributed by atoms with Gasteiger partial charge in [0.1, 0.15) is 11.5 Å². The molecule has 2 atom stereocenters. The van der Waals surface area contributed by atoms with E-state index >= 15 is 0 Å². The van der Waals surface area contributed by atoms with E-state index in [4.69, 9.17) is 9.47 Å². The van der Waals surface area contributed by atoms with Gasteiger partial charge in [0.05, 0.1) is 11.8 Å². The molecule has 0 aliphatic heterocycles. The maximum Gasteiger partial charge on any atom is 0.315 e. The highest BCUT2D eigenvalue weighted by molar-refractivity contribution is 5.90. The van der Waals surface area contributed by atoms with E-state index in [1.165, 1.54) is 13.8 Å². The SMILES string of the molecule is CC(=O)Nc1cccc(OC(=O)[C@@H]2CCCC[C@H]2C(=O)Oc2cccc(NC(C)=O)c2)c1. The summed E-state index contributed by atoms with van der Waals surface area (Å²) in [5.74, 6) is -2.13. The van der Waals surface area contributed by atoms with Crippen molar-refractivity contribution in [2.24, 2.45) is 11.8 Å². The molecule has 0 spiro atoms. The van der Waals surface area contributed by atoms with Gasteiger partial charge in [-0.2, -0.15) is 0 Å². The van der Waals surface area contributed by atoms with E-state index in [1.807, 2.05) is 0 Å². The van der Waals surface area contributed by atoms with Crippen molar-refractivity contribution < 1.29 is 28.7 Å². The molecule has 8 heteroatoms. The molecule has 2 aromatic carbocycles. The van der Waals surface area contributed by atoms with Crippen LogP contribution in [0.15, 0.2) is 48.5 Å². The number of hydrogen-bond donors (Lipinski definition) is 2. The van der Waals surface area contributed by atoms with Gasteiger partial charge in [0, 0.05) is 37.4 Å². The van der Waals surface area contributed by atoms with Gasteiger partial charge in [-0.15, -0.1) is 0 Å². The molecule has 0 radical (unpaired) electrons. The smallest absolute Gasteiger partial charge is 0.315 e. The van der Waals surface area contributed by atoms with Gasteiger partial charge in [-0.3, -0.25) is 19.2 Å². The molecule has 1 aliphatic carbocycles. The van der Waals surface area contributed by atoms with Crippen molar-refractivity contribution in [3.05, 3.63) is 48.5 Å². The molecule has 1 aliphatic rings. The Balaban J connectivity index is 1.68. The van der Waals surface area contributed by atoms with Crippen molar-refractivity contribution in [2.75, 3.05) is 10.6 Å². The highest BCUT2D eigenvalue weighted by Crippen LogP contribution is 2.33. The summed E-state index contributed by atoms with van der Waals surface area (Å²) in [6, 6.07) is 13.1. The Morgan fingerprint density at radius 3 is 1.50 bits per heavy atom. The van der Waals surface area contributed by atoms with Crippen LogP contribution >= 0.6 is 0 Å². The van der Waals surface area contributed by atoms with Gasteiger partial charge in [-0.25, -0.2) is 0 Å². The Kier molecular flexibility index (Phi) is 7.59. The summed E-state index contributed by atoms with van der Waals surface area (Å²) in [6.07, 6.45) is 2.67. The summed E-state index contributed by atoms with van der Waals surface area (Å²) in [7, 11) is 0. The lowest BCUT2D eigenvalue weighted by atomic mass is 9.79. The van der Waals surface area contributed by atoms with Crippen LogP contribution in [0.2, 0.25) is 0 Å². The van der Waals surface area contributed by atoms with Crippen LogP contribution < -0.4 is 20.1 Å². The molecule has 8 nitrogen and oxygen atoms in total. The van der Waals surface area contributed by atoms with Crippen LogP contribution in [0.4, 0.5) is 11.4 Å². The number of anilines is 2. The largest absolute Gasteiger partial charge is 0.426 e. The van der Waals surface area contributed by atoms with Crippen LogP contribution in [0.25, 0.3) is 0 Å². The quantitative estimate of drug-likeness (QED) is 0.522. The Hall–Kier alpha value is -3.68. The molecule has 0 saturated heterocycles. The number of nitrogens with one attached hydrogen (secondary N) is 2. The summed E-state index contributed by atoms with van der Waals surface area (Å²) in [5.41, 5.74) is 1.03. The van der Waals surface area contributed by atoms with E-state index in [0.29, 0.717) is 35.7 Å². The maximum absolute atomic E-state index is 12.9. The van der Waals surface area contributed by atoms with E-state index in [2.05, 4.69) is 10.6 Å². The zero-order chi connectivity index (χ0) is 23.1. The number of ether oxygens (including phenoxy) is 2. The summed E-state index contributed by atoms with van der Waals surface area (Å²) >= 11 is 0. The number of carbonyl (C=O) groups excluding carboxylic acids is 4. The summed E-state index contributed by atoms with van der Waals surface area (Å²) in [4.78, 5) is 48.2. The molecule has 2 aromatic rings. The second-order valence-electron chi connectivity index (χ2n) is 7.76. The molecule has 0 unspecified atom stereocenters. The topological polar surface area (TPSA) is 111 Å². The van der Waals surface area contributed by atoms with Crippen molar-refractivity contribution in [1.82, 2.24) is 0 Å². The maximum atomic E-state index is 12.9. The Labute approximate surface area is 186 Å². The number of benzene rings is 2. The standard InChI is InChI=1S/C24H26N2O6/c1-15(27)25-17-7-5-9-19(13-17)31-23(29)21-11-3-4-12-22(21)24(30)32-20-10-6-8-18(14-20)26-16(2)28/h5-10,13-14,21-22H,3-4,11-12H2,1-2H3,(H,25,27)(H,26,28)/t21-,22-/m1/s1. The third kappa shape index (κ3) is 6.41. The zero-order valence-electron chi connectivity index (χ0n) is 18.1. The fraction of sp³-hybridized carbons (Fsp3) is 0.333. The molecule has 0 bridgehead atoms. The Bertz CT molecular complexity index is 938. The Morgan fingerprint density at radius 1 is 0.719 bits per heavy atom. The van der Waals surface area contributed by atoms with Crippen LogP contribution in [0, 0.1) is 11.8 Å². The van der Waals surface area contributed by atoms with E-state index < -0.39 is 23.8 Å². The normalized spacial score (nSPS) is 17.7. The molecule has 0 aromatic heterocycles. The molecule has 168 valence electrons. The van der Waals surface area contributed by atoms with E-state index in [1.54, 1.807) is 48.5 Å². The minimum Gasteiger partial charge on any atom is -0.426 e. The van der Waals surface area contributed by atoms with Gasteiger partial charge >= 0.3 is 11.9 Å². The van der Waals surface area contributed by atoms with Gasteiger partial charge in [0.2, 0.25) is 11.8 Å². The second-order valence-corrected chi connectivity index (χ2v) is 7.76. The second kappa shape index (κ2) is 10.6. The van der Waals surface area contributed by atoms with Crippen molar-refractivity contribution in [2.45, 2.75) is 39.5 Å². The molecule has 2 N–H and O–H groups in total. The molecule has 3 rings (SSSR count). The molecule has 32 heavy (non-hydrogen) atoms. The van der Waals surface area contributed by atoms with Crippen LogP contribution in [0.1, 0.15) is 39.5 Å². The van der Waals surface area contributed by atoms with Crippen LogP contribution in [-0.2, 0) is 19.2 Å². The summed E-state index contributed by atoms with van der Waals surface area (Å²) < 4.78 is 11.0. The van der Waals surface area contributed by atoms with Gasteiger partial charge in [-0.1, -0.05) is 25.0 Å². The van der Waals surface area contributed by atoms with Gasteiger partial charge in [0.25, 0.3) is 0 Å². The van der Waals surface area contributed by atoms with Crippen LogP contribution in [-0.4, -0.2) is 23.8 Å². The van der Waals surface area contributed by atoms with Crippen LogP contribution in [0.3, 0.4) is 0 Å². The number of esters is 2. The van der Waals surface area contributed by atoms with Crippen molar-refractivity contribution >= 4 is 35.1 Å². The number of carbonyl (C=O) groups is 4. The minimum absolute atomic E-state index is 0.230. The van der Waals surface area contributed by atoms with Crippen molar-refractivity contribution in [3.8, 4) is 11.5 Å². The lowest BCUT2D eigenvalue weighted by Crippen LogP contribution is -2.37. The highest BCUT2D eigenvalue weighted by Gasteiger charge is 2.38. The third-order valence-electron chi connectivity index (χ3n) is 5.12. The first-order valence-corrected chi connectivity index (χ1v) is 10.5. The average Bonchev–Trinajstić information content (AvgIpc) is 2.73. The minimum atomic E-state index is -0.626. The predicted octanol–water partition coefficient (Wildman–Crippen LogP) is 3.92. The van der Waals surface area contributed by atoms with Gasteiger partial charge in [0.15, 0.2) is 0 Å². The third-order valence-corrected chi connectivity index (χ3v) is 5.12. The van der Waals surface area contributed by atoms with Crippen molar-refractivity contribution in [1.29, 1.82) is 0 Å². The fourth-order valence-electron chi connectivity index (χ4n) is 3.76. The number of hydrogen-bond acceptors (Lipinski definition) is 6. The lowest BCUT2D eigenvalue weighted by Gasteiger charge is -2.28. The van der Waals surface area contributed by atoms with Crippen LogP contribution in [0.5, 0.6) is 11.5 Å². The average molecular weight is 438 g/mol. The van der Waals surface area contributed by atoms with Gasteiger partial charge < -0.3 is 20.1 Å². The molecular weight excluding hydrogens is 412 g/mol. The summed E-state index contributed by atoms with van der Waals surface area (Å²) in [6.45, 7) is 2.78.